The van der Waals surface area contributed by atoms with Crippen LogP contribution in [0.3, 0.4) is 0 Å². The second kappa shape index (κ2) is 7.68. The number of fused-ring (bicyclic) bond motifs is 2. The van der Waals surface area contributed by atoms with Gasteiger partial charge in [0.1, 0.15) is 4.21 Å². The summed E-state index contributed by atoms with van der Waals surface area (Å²) in [5.74, 6) is -0.0612. The van der Waals surface area contributed by atoms with Crippen LogP contribution in [0.5, 0.6) is 0 Å². The van der Waals surface area contributed by atoms with Crippen molar-refractivity contribution in [2.75, 3.05) is 13.1 Å². The number of benzene rings is 1. The molecule has 1 N–H and O–H groups in total. The van der Waals surface area contributed by atoms with E-state index >= 15 is 0 Å². The van der Waals surface area contributed by atoms with Gasteiger partial charge in [-0.25, -0.2) is 8.42 Å². The zero-order valence-corrected chi connectivity index (χ0v) is 16.6. The number of amides is 1. The van der Waals surface area contributed by atoms with Crippen LogP contribution in [-0.4, -0.2) is 44.4 Å². The van der Waals surface area contributed by atoms with Gasteiger partial charge in [-0.05, 0) is 43.5 Å². The third kappa shape index (κ3) is 3.67. The van der Waals surface area contributed by atoms with E-state index in [0.717, 1.165) is 30.7 Å². The lowest BCUT2D eigenvalue weighted by molar-refractivity contribution is 0.0753. The van der Waals surface area contributed by atoms with E-state index in [2.05, 4.69) is 5.32 Å². The molecular weight excluding hydrogens is 392 g/mol. The molecule has 1 aromatic heterocycles. The first-order valence-corrected chi connectivity index (χ1v) is 10.8. The summed E-state index contributed by atoms with van der Waals surface area (Å²) in [5, 5.41) is 3.55. The minimum atomic E-state index is -3.56. The number of halogens is 1. The Morgan fingerprint density at radius 2 is 1.77 bits per heavy atom. The molecule has 2 aromatic rings. The molecule has 0 aliphatic carbocycles. The monoisotopic (exact) mass is 412 g/mol. The molecule has 2 aliphatic heterocycles. The molecule has 0 spiro atoms. The van der Waals surface area contributed by atoms with Gasteiger partial charge < -0.3 is 10.2 Å². The number of carbonyl (C=O) groups is 1. The average molecular weight is 413 g/mol. The first-order valence-electron chi connectivity index (χ1n) is 8.49. The standard InChI is InChI=1S/C18H20N2O3S2.ClH/c21-18(20-11-10-13-6-7-14(12-20)19-13)16-8-9-17(24-16)25(22,23)15-4-2-1-3-5-15;/h1-5,8-9,13-14,19H,6-7,10-12H2;1H. The minimum absolute atomic E-state index is 0. The number of hydrogen-bond acceptors (Lipinski definition) is 5. The molecule has 2 aliphatic rings. The summed E-state index contributed by atoms with van der Waals surface area (Å²) < 4.78 is 25.6. The van der Waals surface area contributed by atoms with E-state index in [-0.39, 0.29) is 27.4 Å². The molecule has 140 valence electrons. The van der Waals surface area contributed by atoms with Crippen LogP contribution in [0.4, 0.5) is 0 Å². The van der Waals surface area contributed by atoms with Crippen molar-refractivity contribution in [2.24, 2.45) is 0 Å². The minimum Gasteiger partial charge on any atom is -0.336 e. The van der Waals surface area contributed by atoms with Crippen LogP contribution in [0.15, 0.2) is 51.6 Å². The summed E-state index contributed by atoms with van der Waals surface area (Å²) in [5.41, 5.74) is 0. The number of sulfone groups is 1. The average Bonchev–Trinajstić information content (AvgIpc) is 3.22. The van der Waals surface area contributed by atoms with Crippen LogP contribution in [0.1, 0.15) is 28.9 Å². The molecule has 4 rings (SSSR count). The maximum absolute atomic E-state index is 12.8. The van der Waals surface area contributed by atoms with Crippen molar-refractivity contribution in [1.82, 2.24) is 10.2 Å². The lowest BCUT2D eigenvalue weighted by Crippen LogP contribution is -2.38. The second-order valence-corrected chi connectivity index (χ2v) is 9.87. The summed E-state index contributed by atoms with van der Waals surface area (Å²) in [6.45, 7) is 1.43. The van der Waals surface area contributed by atoms with Gasteiger partial charge in [-0.2, -0.15) is 0 Å². The van der Waals surface area contributed by atoms with Gasteiger partial charge in [-0.1, -0.05) is 18.2 Å². The van der Waals surface area contributed by atoms with Crippen molar-refractivity contribution >= 4 is 39.5 Å². The van der Waals surface area contributed by atoms with E-state index in [0.29, 0.717) is 23.5 Å². The summed E-state index contributed by atoms with van der Waals surface area (Å²) in [6, 6.07) is 12.4. The summed E-state index contributed by atoms with van der Waals surface area (Å²) >= 11 is 1.06. The molecule has 0 radical (unpaired) electrons. The molecule has 8 heteroatoms. The van der Waals surface area contributed by atoms with Crippen LogP contribution in [-0.2, 0) is 9.84 Å². The quantitative estimate of drug-likeness (QED) is 0.841. The maximum atomic E-state index is 12.8. The molecule has 2 fully saturated rings. The molecule has 2 saturated heterocycles. The van der Waals surface area contributed by atoms with Crippen LogP contribution < -0.4 is 5.32 Å². The fourth-order valence-electron chi connectivity index (χ4n) is 3.58. The van der Waals surface area contributed by atoms with Crippen LogP contribution in [0.25, 0.3) is 0 Å². The topological polar surface area (TPSA) is 66.5 Å². The van der Waals surface area contributed by atoms with Crippen LogP contribution in [0.2, 0.25) is 0 Å². The lowest BCUT2D eigenvalue weighted by Gasteiger charge is -2.23. The molecule has 2 unspecified atom stereocenters. The van der Waals surface area contributed by atoms with E-state index in [1.54, 1.807) is 42.5 Å². The van der Waals surface area contributed by atoms with E-state index < -0.39 is 9.84 Å². The van der Waals surface area contributed by atoms with Gasteiger partial charge in [-0.15, -0.1) is 23.7 Å². The molecular formula is C18H21ClN2O3S2. The van der Waals surface area contributed by atoms with Crippen molar-refractivity contribution in [3.05, 3.63) is 47.3 Å². The van der Waals surface area contributed by atoms with Gasteiger partial charge in [0.05, 0.1) is 9.77 Å². The van der Waals surface area contributed by atoms with Gasteiger partial charge in [-0.3, -0.25) is 4.79 Å². The number of rotatable bonds is 3. The fourth-order valence-corrected chi connectivity index (χ4v) is 6.28. The van der Waals surface area contributed by atoms with Gasteiger partial charge in [0.2, 0.25) is 9.84 Å². The molecule has 3 heterocycles. The zero-order chi connectivity index (χ0) is 17.4. The predicted molar refractivity (Wildman–Crippen MR) is 104 cm³/mol. The highest BCUT2D eigenvalue weighted by Gasteiger charge is 2.32. The Labute approximate surface area is 163 Å². The van der Waals surface area contributed by atoms with Crippen LogP contribution >= 0.6 is 23.7 Å². The predicted octanol–water partition coefficient (Wildman–Crippen LogP) is 2.97. The Morgan fingerprint density at radius 1 is 1.04 bits per heavy atom. The Bertz CT molecular complexity index is 883. The number of nitrogens with zero attached hydrogens (tertiary/aromatic N) is 1. The lowest BCUT2D eigenvalue weighted by atomic mass is 10.1. The van der Waals surface area contributed by atoms with E-state index in [9.17, 15) is 13.2 Å². The molecule has 5 nitrogen and oxygen atoms in total. The first kappa shape index (κ1) is 19.4. The van der Waals surface area contributed by atoms with Crippen molar-refractivity contribution < 1.29 is 13.2 Å². The smallest absolute Gasteiger partial charge is 0.264 e. The van der Waals surface area contributed by atoms with Crippen molar-refractivity contribution in [1.29, 1.82) is 0 Å². The number of carbonyl (C=O) groups excluding carboxylic acids is 1. The molecule has 1 amide bonds. The number of likely N-dealkylation sites (tertiary alicyclic amines) is 1. The Morgan fingerprint density at radius 3 is 2.54 bits per heavy atom. The highest BCUT2D eigenvalue weighted by molar-refractivity contribution is 7.93. The fraction of sp³-hybridized carbons (Fsp3) is 0.389. The highest BCUT2D eigenvalue weighted by Crippen LogP contribution is 2.29. The van der Waals surface area contributed by atoms with E-state index in [1.807, 2.05) is 4.90 Å². The highest BCUT2D eigenvalue weighted by atomic mass is 35.5. The molecule has 0 saturated carbocycles. The molecule has 1 aromatic carbocycles. The van der Waals surface area contributed by atoms with Gasteiger partial charge >= 0.3 is 0 Å². The Kier molecular flexibility index (Phi) is 5.72. The zero-order valence-electron chi connectivity index (χ0n) is 14.1. The van der Waals surface area contributed by atoms with Crippen LogP contribution in [0, 0.1) is 0 Å². The third-order valence-corrected chi connectivity index (χ3v) is 8.26. The van der Waals surface area contributed by atoms with Crippen molar-refractivity contribution in [3.8, 4) is 0 Å². The SMILES string of the molecule is Cl.O=C(c1ccc(S(=O)(=O)c2ccccc2)s1)N1CCC2CCC(C1)N2. The number of hydrogen-bond donors (Lipinski definition) is 1. The summed E-state index contributed by atoms with van der Waals surface area (Å²) in [6.07, 6.45) is 3.25. The summed E-state index contributed by atoms with van der Waals surface area (Å²) in [7, 11) is -3.56. The Balaban J connectivity index is 0.00000196. The number of nitrogens with one attached hydrogen (secondary N) is 1. The van der Waals surface area contributed by atoms with Gasteiger partial charge in [0.25, 0.3) is 5.91 Å². The van der Waals surface area contributed by atoms with Crippen molar-refractivity contribution in [3.63, 3.8) is 0 Å². The Hall–Kier alpha value is -1.41. The molecule has 2 bridgehead atoms. The van der Waals surface area contributed by atoms with E-state index in [4.69, 9.17) is 0 Å². The molecule has 26 heavy (non-hydrogen) atoms. The largest absolute Gasteiger partial charge is 0.336 e. The maximum Gasteiger partial charge on any atom is 0.264 e. The third-order valence-electron chi connectivity index (χ3n) is 4.92. The van der Waals surface area contributed by atoms with Gasteiger partial charge in [0, 0.05) is 25.2 Å². The second-order valence-electron chi connectivity index (χ2n) is 6.61. The van der Waals surface area contributed by atoms with E-state index in [1.165, 1.54) is 6.42 Å². The number of thiophene rings is 1. The molecule has 2 atom stereocenters. The summed E-state index contributed by atoms with van der Waals surface area (Å²) in [4.78, 5) is 15.4. The van der Waals surface area contributed by atoms with Gasteiger partial charge in [0.15, 0.2) is 0 Å². The normalized spacial score (nSPS) is 22.5. The van der Waals surface area contributed by atoms with Crippen molar-refractivity contribution in [2.45, 2.75) is 40.5 Å². The first-order chi connectivity index (χ1) is 12.0.